The van der Waals surface area contributed by atoms with E-state index < -0.39 is 57.8 Å². The number of aliphatic hydroxyl groups excluding tert-OH is 1. The molecule has 0 saturated carbocycles. The van der Waals surface area contributed by atoms with Crippen LogP contribution in [0.15, 0.2) is 89.4 Å². The molecule has 0 aromatic heterocycles. The van der Waals surface area contributed by atoms with E-state index in [9.17, 15) is 47.1 Å². The minimum atomic E-state index is -4.24. The van der Waals surface area contributed by atoms with Crippen LogP contribution in [-0.4, -0.2) is 123 Å². The number of para-hydroxylation sites is 1. The highest BCUT2D eigenvalue weighted by atomic mass is 32.2. The molecule has 75 heavy (non-hydrogen) atoms. The molecule has 1 spiro atoms. The molecule has 0 unspecified atom stereocenters. The van der Waals surface area contributed by atoms with Gasteiger partial charge >= 0.3 is 5.97 Å². The van der Waals surface area contributed by atoms with E-state index in [4.69, 9.17) is 18.9 Å². The van der Waals surface area contributed by atoms with Gasteiger partial charge in [0.15, 0.2) is 0 Å². The lowest BCUT2D eigenvalue weighted by Gasteiger charge is -2.39. The molecule has 6 amide bonds. The Bertz CT molecular complexity index is 2530. The third kappa shape index (κ3) is 20.1. The summed E-state index contributed by atoms with van der Waals surface area (Å²) in [4.78, 5) is 85.3. The number of allylic oxidation sites excluding steroid dienone is 2. The van der Waals surface area contributed by atoms with Crippen molar-refractivity contribution >= 4 is 57.1 Å². The molecule has 0 radical (unpaired) electrons. The van der Waals surface area contributed by atoms with Gasteiger partial charge in [-0.05, 0) is 94.2 Å². The molecule has 410 valence electrons. The highest BCUT2D eigenvalue weighted by Gasteiger charge is 2.58. The number of nitrogens with one attached hydrogen (secondary N) is 6. The fourth-order valence-corrected chi connectivity index (χ4v) is 9.85. The Morgan fingerprint density at radius 2 is 1.60 bits per heavy atom. The molecule has 0 aliphatic carbocycles. The van der Waals surface area contributed by atoms with Crippen molar-refractivity contribution in [2.45, 2.75) is 165 Å². The first-order chi connectivity index (χ1) is 35.6. The van der Waals surface area contributed by atoms with Gasteiger partial charge in [0.2, 0.25) is 35.4 Å². The van der Waals surface area contributed by atoms with Crippen LogP contribution in [0.1, 0.15) is 110 Å². The van der Waals surface area contributed by atoms with E-state index in [0.29, 0.717) is 49.2 Å². The third-order valence-corrected chi connectivity index (χ3v) is 14.5. The average molecular weight is 1060 g/mol. The zero-order chi connectivity index (χ0) is 54.7. The molecule has 3 heterocycles. The Kier molecular flexibility index (Phi) is 22.7. The van der Waals surface area contributed by atoms with Crippen LogP contribution in [0.3, 0.4) is 0 Å². The fraction of sp³-hybridized carbons (Fsp3) is 0.537. The Morgan fingerprint density at radius 1 is 0.867 bits per heavy atom. The Balaban J connectivity index is 1.02. The zero-order valence-electron chi connectivity index (χ0n) is 43.7. The average Bonchev–Trinajstić information content (AvgIpc) is 4.13. The number of sulfonamides is 1. The largest absolute Gasteiger partial charge is 0.459 e. The van der Waals surface area contributed by atoms with E-state index in [1.807, 2.05) is 19.9 Å². The number of hydrogen-bond donors (Lipinski definition) is 7. The summed E-state index contributed by atoms with van der Waals surface area (Å²) in [6.45, 7) is 11.1. The maximum absolute atomic E-state index is 13.2. The number of amides is 6. The molecular formula is C54H74N6O14S. The first-order valence-corrected chi connectivity index (χ1v) is 27.0. The number of aliphatic hydroxyl groups is 1. The number of esters is 1. The second-order valence-electron chi connectivity index (χ2n) is 19.6. The van der Waals surface area contributed by atoms with Crippen molar-refractivity contribution in [3.05, 3.63) is 95.6 Å². The number of carbonyl (C=O) groups is 7. The van der Waals surface area contributed by atoms with E-state index >= 15 is 0 Å². The summed E-state index contributed by atoms with van der Waals surface area (Å²) in [5.41, 5.74) is 1.74. The summed E-state index contributed by atoms with van der Waals surface area (Å²) >= 11 is 0. The Hall–Kier alpha value is -6.26. The number of unbranched alkanes of at least 4 members (excludes halogenated alkanes) is 2. The van der Waals surface area contributed by atoms with E-state index in [0.717, 1.165) is 24.8 Å². The predicted octanol–water partition coefficient (Wildman–Crippen LogP) is 3.87. The summed E-state index contributed by atoms with van der Waals surface area (Å²) in [6.07, 6.45) is 9.45. The van der Waals surface area contributed by atoms with Gasteiger partial charge in [0, 0.05) is 58.0 Å². The van der Waals surface area contributed by atoms with E-state index in [-0.39, 0.29) is 91.5 Å². The van der Waals surface area contributed by atoms with Crippen molar-refractivity contribution in [1.29, 1.82) is 0 Å². The lowest BCUT2D eigenvalue weighted by atomic mass is 9.87. The summed E-state index contributed by atoms with van der Waals surface area (Å²) < 4.78 is 51.7. The lowest BCUT2D eigenvalue weighted by Crippen LogP contribution is -2.50. The van der Waals surface area contributed by atoms with Gasteiger partial charge in [0.1, 0.15) is 23.9 Å². The van der Waals surface area contributed by atoms with Gasteiger partial charge in [0.05, 0.1) is 48.8 Å². The minimum absolute atomic E-state index is 0.00462. The number of rotatable bonds is 26. The number of hydrogen-bond acceptors (Lipinski definition) is 14. The molecule has 7 N–H and O–H groups in total. The van der Waals surface area contributed by atoms with Gasteiger partial charge in [0.25, 0.3) is 10.0 Å². The maximum atomic E-state index is 13.2. The summed E-state index contributed by atoms with van der Waals surface area (Å²) in [5.74, 6) is -2.50. The van der Waals surface area contributed by atoms with Crippen LogP contribution in [-0.2, 0) is 75.5 Å². The van der Waals surface area contributed by atoms with Crippen LogP contribution in [0.5, 0.6) is 0 Å². The Morgan fingerprint density at radius 3 is 2.31 bits per heavy atom. The maximum Gasteiger partial charge on any atom is 0.303 e. The van der Waals surface area contributed by atoms with E-state index in [1.165, 1.54) is 50.3 Å². The number of ether oxygens (including phenoxy) is 4. The molecule has 5 rings (SSSR count). The first-order valence-electron chi connectivity index (χ1n) is 25.6. The monoisotopic (exact) mass is 1060 g/mol. The van der Waals surface area contributed by atoms with Crippen molar-refractivity contribution in [2.75, 3.05) is 25.0 Å². The van der Waals surface area contributed by atoms with E-state index in [2.05, 4.69) is 44.3 Å². The molecule has 3 aliphatic heterocycles. The summed E-state index contributed by atoms with van der Waals surface area (Å²) in [5, 5.41) is 25.0. The van der Waals surface area contributed by atoms with Crippen LogP contribution in [0.2, 0.25) is 0 Å². The summed E-state index contributed by atoms with van der Waals surface area (Å²) in [6, 6.07) is 12.3. The van der Waals surface area contributed by atoms with Crippen molar-refractivity contribution in [1.82, 2.24) is 26.0 Å². The third-order valence-electron chi connectivity index (χ3n) is 13.1. The van der Waals surface area contributed by atoms with Crippen molar-refractivity contribution in [2.24, 2.45) is 5.92 Å². The zero-order valence-corrected chi connectivity index (χ0v) is 44.5. The SMILES string of the molecule is CC(=O)NCCCCCC(=O)NCC(=O)Nc1ccccc1CCC(=O)NS(=O)(=O)c1ccc(CNC(=O)C[C@@H]2C[C@@]3(CO3)[C@H](O)[C@@H](/C=C/C(C)=C/C[C@@H]3O[C@H](C)[C@H](NC(=O)/C=C\[C@H](C)OC(C)=O)C[C@@H]3C)O2)cc1. The highest BCUT2D eigenvalue weighted by molar-refractivity contribution is 7.90. The number of aryl methyl sites for hydroxylation is 1. The summed E-state index contributed by atoms with van der Waals surface area (Å²) in [7, 11) is -4.24. The van der Waals surface area contributed by atoms with Crippen LogP contribution < -0.4 is 31.3 Å². The van der Waals surface area contributed by atoms with Crippen LogP contribution in [0.25, 0.3) is 0 Å². The molecule has 3 fully saturated rings. The number of benzene rings is 2. The molecule has 3 saturated heterocycles. The van der Waals surface area contributed by atoms with Gasteiger partial charge in [-0.3, -0.25) is 33.6 Å². The van der Waals surface area contributed by atoms with Crippen molar-refractivity contribution in [3.8, 4) is 0 Å². The van der Waals surface area contributed by atoms with E-state index in [1.54, 1.807) is 37.3 Å². The topological polar surface area (TPSA) is 286 Å². The predicted molar refractivity (Wildman–Crippen MR) is 278 cm³/mol. The van der Waals surface area contributed by atoms with Gasteiger partial charge in [-0.1, -0.05) is 67.5 Å². The Labute approximate surface area is 439 Å². The normalized spacial score (nSPS) is 24.0. The fourth-order valence-electron chi connectivity index (χ4n) is 8.83. The molecule has 0 bridgehead atoms. The van der Waals surface area contributed by atoms with Crippen LogP contribution in [0, 0.1) is 5.92 Å². The smallest absolute Gasteiger partial charge is 0.303 e. The number of epoxide rings is 1. The first kappa shape index (κ1) is 59.6. The number of anilines is 1. The minimum Gasteiger partial charge on any atom is -0.459 e. The molecule has 3 aliphatic rings. The van der Waals surface area contributed by atoms with Crippen LogP contribution in [0.4, 0.5) is 5.69 Å². The second-order valence-corrected chi connectivity index (χ2v) is 21.3. The van der Waals surface area contributed by atoms with Gasteiger partial charge < -0.3 is 50.6 Å². The molecule has 20 nitrogen and oxygen atoms in total. The standard InChI is InChI=1S/C54H74N6O14S/c1-34(15-23-46-35(2)28-45(37(4)73-46)59-49(64)25-17-36(3)72-39(6)62)16-24-47-53(68)54(33-71-54)30-42(74-47)29-51(66)56-31-40-18-21-43(22-19-40)75(69,70)60-50(65)26-20-41-12-9-10-13-44(41)58-52(67)32-57-48(63)14-8-7-11-27-55-38(5)61/h9-10,12-13,15-19,21-22,24-25,35-37,42,45-47,53,68H,7-8,11,14,20,23,26-33H2,1-6H3,(H,55,61)(H,56,66)(H,57,63)(H,58,67)(H,59,64)(H,60,65)/b24-16+,25-17-,34-15+/t35-,36-,37+,42+,45+,46-,47+,53+,54+/m0/s1. The molecule has 9 atom stereocenters. The molecule has 2 aromatic carbocycles. The van der Waals surface area contributed by atoms with Crippen molar-refractivity contribution in [3.63, 3.8) is 0 Å². The molecular weight excluding hydrogens is 989 g/mol. The van der Waals surface area contributed by atoms with Gasteiger partial charge in [-0.25, -0.2) is 13.1 Å². The van der Waals surface area contributed by atoms with Crippen molar-refractivity contribution < 1.29 is 66.0 Å². The van der Waals surface area contributed by atoms with Gasteiger partial charge in [-0.2, -0.15) is 0 Å². The molecule has 2 aromatic rings. The quantitative estimate of drug-likeness (QED) is 0.0232. The second kappa shape index (κ2) is 28.6. The highest BCUT2D eigenvalue weighted by Crippen LogP contribution is 2.43. The molecule has 21 heteroatoms. The van der Waals surface area contributed by atoms with Gasteiger partial charge in [-0.15, -0.1) is 0 Å². The lowest BCUT2D eigenvalue weighted by molar-refractivity contribution is -0.145. The number of carbonyl (C=O) groups excluding carboxylic acids is 7. The van der Waals surface area contributed by atoms with Crippen LogP contribution >= 0.6 is 0 Å².